The fourth-order valence-electron chi connectivity index (χ4n) is 4.66. The van der Waals surface area contributed by atoms with Gasteiger partial charge in [-0.1, -0.05) is 47.6 Å². The number of piperazine rings is 1. The lowest BCUT2D eigenvalue weighted by atomic mass is 10.0. The van der Waals surface area contributed by atoms with Crippen LogP contribution in [0.5, 0.6) is 0 Å². The third kappa shape index (κ3) is 9.01. The number of rotatable bonds is 13. The van der Waals surface area contributed by atoms with E-state index in [9.17, 15) is 33.9 Å². The van der Waals surface area contributed by atoms with Gasteiger partial charge in [0.05, 0.1) is 0 Å². The lowest BCUT2D eigenvalue weighted by Gasteiger charge is -2.40. The average molecular weight is 609 g/mol. The number of benzene rings is 2. The molecule has 0 unspecified atom stereocenters. The van der Waals surface area contributed by atoms with E-state index in [-0.39, 0.29) is 38.6 Å². The molecule has 15 heteroatoms. The van der Waals surface area contributed by atoms with Crippen molar-refractivity contribution in [3.63, 3.8) is 0 Å². The second-order valence-electron chi connectivity index (χ2n) is 9.99. The maximum atomic E-state index is 13.1. The number of carboxylic acid groups (broad SMARTS) is 1. The molecule has 1 saturated heterocycles. The van der Waals surface area contributed by atoms with Crippen molar-refractivity contribution in [2.24, 2.45) is 0 Å². The van der Waals surface area contributed by atoms with Gasteiger partial charge >= 0.3 is 17.8 Å². The van der Waals surface area contributed by atoms with Crippen LogP contribution in [0.3, 0.4) is 0 Å². The minimum absolute atomic E-state index is 0.0243. The van der Waals surface area contributed by atoms with Crippen molar-refractivity contribution in [3.05, 3.63) is 87.7 Å². The summed E-state index contributed by atoms with van der Waals surface area (Å²) in [5, 5.41) is 18.0. The first-order chi connectivity index (χ1) is 21.2. The highest BCUT2D eigenvalue weighted by Crippen LogP contribution is 2.17. The van der Waals surface area contributed by atoms with Gasteiger partial charge in [0, 0.05) is 31.6 Å². The highest BCUT2D eigenvalue weighted by Gasteiger charge is 2.37. The molecule has 2 aromatic carbocycles. The average Bonchev–Trinajstić information content (AvgIpc) is 3.43. The molecule has 4 N–H and O–H groups in total. The van der Waals surface area contributed by atoms with E-state index in [4.69, 9.17) is 4.74 Å². The van der Waals surface area contributed by atoms with Gasteiger partial charge in [0.1, 0.15) is 25.7 Å². The third-order valence-corrected chi connectivity index (χ3v) is 6.84. The van der Waals surface area contributed by atoms with Crippen LogP contribution in [0, 0.1) is 0 Å². The van der Waals surface area contributed by atoms with E-state index in [1.807, 2.05) is 6.07 Å². The Hall–Kier alpha value is -5.47. The Labute approximate surface area is 251 Å². The molecule has 44 heavy (non-hydrogen) atoms. The monoisotopic (exact) mass is 608 g/mol. The molecule has 2 heterocycles. The Morgan fingerprint density at radius 3 is 2.43 bits per heavy atom. The van der Waals surface area contributed by atoms with Crippen molar-refractivity contribution < 1.29 is 38.3 Å². The Morgan fingerprint density at radius 1 is 1.00 bits per heavy atom. The summed E-state index contributed by atoms with van der Waals surface area (Å²) in [7, 11) is 0. The number of hydrogen-bond donors (Lipinski definition) is 4. The van der Waals surface area contributed by atoms with Gasteiger partial charge in [0.15, 0.2) is 5.82 Å². The molecule has 1 aromatic heterocycles. The van der Waals surface area contributed by atoms with Crippen LogP contribution in [-0.2, 0) is 32.1 Å². The predicted molar refractivity (Wildman–Crippen MR) is 152 cm³/mol. The topological polar surface area (TPSA) is 204 Å². The molecule has 15 nitrogen and oxygen atoms in total. The van der Waals surface area contributed by atoms with Gasteiger partial charge in [-0.05, 0) is 36.1 Å². The molecule has 1 atom stereocenters. The minimum Gasteiger partial charge on any atom is -0.480 e. The van der Waals surface area contributed by atoms with Crippen molar-refractivity contribution in [3.8, 4) is 0 Å². The van der Waals surface area contributed by atoms with Crippen molar-refractivity contribution >= 4 is 29.8 Å². The molecule has 0 bridgehead atoms. The number of aromatic amines is 1. The zero-order valence-corrected chi connectivity index (χ0v) is 23.7. The first kappa shape index (κ1) is 31.5. The van der Waals surface area contributed by atoms with Gasteiger partial charge in [-0.2, -0.15) is 0 Å². The van der Waals surface area contributed by atoms with Gasteiger partial charge in [-0.15, -0.1) is 0 Å². The number of carbonyl (C=O) groups excluding carboxylic acids is 4. The number of nitrogens with one attached hydrogen (secondary N) is 3. The fraction of sp³-hybridized carbons (Fsp3) is 0.345. The number of amides is 4. The molecule has 3 aromatic rings. The van der Waals surface area contributed by atoms with Crippen molar-refractivity contribution in [1.82, 2.24) is 30.6 Å². The number of carbonyl (C=O) groups is 5. The Kier molecular flexibility index (Phi) is 10.8. The maximum absolute atomic E-state index is 13.1. The zero-order valence-electron chi connectivity index (χ0n) is 23.7. The van der Waals surface area contributed by atoms with E-state index in [1.54, 1.807) is 48.5 Å². The van der Waals surface area contributed by atoms with Gasteiger partial charge in [-0.3, -0.25) is 28.7 Å². The largest absolute Gasteiger partial charge is 0.480 e. The van der Waals surface area contributed by atoms with E-state index in [1.165, 1.54) is 9.80 Å². The van der Waals surface area contributed by atoms with Crippen LogP contribution in [0.2, 0.25) is 0 Å². The quantitative estimate of drug-likeness (QED) is 0.198. The lowest BCUT2D eigenvalue weighted by molar-refractivity contribution is -0.155. The minimum atomic E-state index is -1.17. The number of ether oxygens (including phenoxy) is 1. The second-order valence-corrected chi connectivity index (χ2v) is 9.99. The molecule has 1 aliphatic heterocycles. The molecular weight excluding hydrogens is 576 g/mol. The molecule has 4 amide bonds. The maximum Gasteiger partial charge on any atom is 0.438 e. The number of aliphatic carboxylic acids is 1. The number of H-pyrrole nitrogens is 1. The standard InChI is InChI=1S/C29H32N6O9/c36-24(16-31-28(41)43-18-20-5-2-1-3-6-20)35-14-13-34(17-25(37)38)27(40)22(35)7-4-12-30-26(39)21-10-8-19(9-11-21)15-23-32-29(42)44-33-23/h1-3,5-6,8-11,22H,4,7,12-18H2,(H,30,39)(H,31,41)(H,37,38)(H,32,33,42)/t22-/m0/s1. The van der Waals surface area contributed by atoms with E-state index < -0.39 is 48.8 Å². The van der Waals surface area contributed by atoms with E-state index in [0.717, 1.165) is 11.1 Å². The van der Waals surface area contributed by atoms with Crippen molar-refractivity contribution in [1.29, 1.82) is 0 Å². The van der Waals surface area contributed by atoms with Gasteiger partial charge in [0.25, 0.3) is 5.91 Å². The molecule has 1 fully saturated rings. The highest BCUT2D eigenvalue weighted by atomic mass is 16.5. The SMILES string of the molecule is O=C(O)CN1CCN(C(=O)CNC(=O)OCc2ccccc2)[C@@H](CCCNC(=O)c2ccc(Cc3noc(=O)[nH]3)cc2)C1=O. The first-order valence-corrected chi connectivity index (χ1v) is 13.9. The van der Waals surface area contributed by atoms with Crippen molar-refractivity contribution in [2.75, 3.05) is 32.7 Å². The zero-order chi connectivity index (χ0) is 31.5. The van der Waals surface area contributed by atoms with Gasteiger partial charge < -0.3 is 30.3 Å². The van der Waals surface area contributed by atoms with Crippen LogP contribution in [0.4, 0.5) is 4.79 Å². The number of hydrogen-bond acceptors (Lipinski definition) is 9. The summed E-state index contributed by atoms with van der Waals surface area (Å²) in [5.41, 5.74) is 1.97. The van der Waals surface area contributed by atoms with Crippen LogP contribution in [0.15, 0.2) is 63.9 Å². The number of aromatic nitrogens is 2. The number of nitrogens with zero attached hydrogens (tertiary/aromatic N) is 3. The summed E-state index contributed by atoms with van der Waals surface area (Å²) < 4.78 is 9.60. The summed E-state index contributed by atoms with van der Waals surface area (Å²) in [6.45, 7) is -0.571. The van der Waals surface area contributed by atoms with Crippen molar-refractivity contribution in [2.45, 2.75) is 31.9 Å². The molecule has 0 radical (unpaired) electrons. The second kappa shape index (κ2) is 15.1. The number of alkyl carbamates (subject to hydrolysis) is 1. The van der Waals surface area contributed by atoms with Gasteiger partial charge in [-0.25, -0.2) is 9.59 Å². The van der Waals surface area contributed by atoms with Crippen LogP contribution >= 0.6 is 0 Å². The third-order valence-electron chi connectivity index (χ3n) is 6.84. The first-order valence-electron chi connectivity index (χ1n) is 13.9. The molecule has 0 saturated carbocycles. The summed E-state index contributed by atoms with van der Waals surface area (Å²) in [6, 6.07) is 14.7. The van der Waals surface area contributed by atoms with E-state index in [0.29, 0.717) is 24.2 Å². The van der Waals surface area contributed by atoms with Crippen LogP contribution < -0.4 is 16.4 Å². The summed E-state index contributed by atoms with van der Waals surface area (Å²) in [6.07, 6.45) is 0.00530. The normalized spacial score (nSPS) is 14.6. The summed E-state index contributed by atoms with van der Waals surface area (Å²) in [5.74, 6) is -2.85. The van der Waals surface area contributed by atoms with E-state index in [2.05, 4.69) is 25.3 Å². The highest BCUT2D eigenvalue weighted by molar-refractivity contribution is 5.94. The van der Waals surface area contributed by atoms with Crippen LogP contribution in [0.1, 0.15) is 40.2 Å². The predicted octanol–water partition coefficient (Wildman–Crippen LogP) is 0.514. The molecule has 4 rings (SSSR count). The van der Waals surface area contributed by atoms with Crippen LogP contribution in [-0.4, -0.2) is 93.6 Å². The summed E-state index contributed by atoms with van der Waals surface area (Å²) >= 11 is 0. The molecule has 1 aliphatic rings. The molecule has 0 spiro atoms. The molecule has 232 valence electrons. The van der Waals surface area contributed by atoms with E-state index >= 15 is 0 Å². The van der Waals surface area contributed by atoms with Gasteiger partial charge in [0.2, 0.25) is 11.8 Å². The summed E-state index contributed by atoms with van der Waals surface area (Å²) in [4.78, 5) is 78.1. The Bertz CT molecular complexity index is 1520. The number of carboxylic acids is 1. The lowest BCUT2D eigenvalue weighted by Crippen LogP contribution is -2.60. The molecular formula is C29H32N6O9. The smallest absolute Gasteiger partial charge is 0.438 e. The molecule has 0 aliphatic carbocycles. The Balaban J connectivity index is 1.27. The Morgan fingerprint density at radius 2 is 1.75 bits per heavy atom. The fourth-order valence-corrected chi connectivity index (χ4v) is 4.66. The van der Waals surface area contributed by atoms with Crippen LogP contribution in [0.25, 0.3) is 0 Å².